The Morgan fingerprint density at radius 3 is 1.66 bits per heavy atom. The van der Waals surface area contributed by atoms with Crippen molar-refractivity contribution in [3.05, 3.63) is 108 Å². The Morgan fingerprint density at radius 2 is 1.06 bits per heavy atom. The number of hydrogen-bond donors (Lipinski definition) is 4. The summed E-state index contributed by atoms with van der Waals surface area (Å²) in [7, 11) is 0. The number of phenols is 4. The number of rotatable bonds is 3. The molecule has 4 nitrogen and oxygen atoms in total. The van der Waals surface area contributed by atoms with Gasteiger partial charge in [-0.3, -0.25) is 0 Å². The Labute approximate surface area is 185 Å². The molecule has 0 saturated carbocycles. The minimum atomic E-state index is -0.972. The molecule has 4 N–H and O–H groups in total. The van der Waals surface area contributed by atoms with Crippen molar-refractivity contribution in [2.75, 3.05) is 0 Å². The van der Waals surface area contributed by atoms with Crippen molar-refractivity contribution in [2.24, 2.45) is 0 Å². The summed E-state index contributed by atoms with van der Waals surface area (Å²) in [6.45, 7) is 1.91. The Morgan fingerprint density at radius 1 is 0.531 bits per heavy atom. The van der Waals surface area contributed by atoms with Gasteiger partial charge in [-0.1, -0.05) is 60.7 Å². The first-order valence-electron chi connectivity index (χ1n) is 10.3. The van der Waals surface area contributed by atoms with E-state index in [1.54, 1.807) is 12.1 Å². The number of hydrogen-bond acceptors (Lipinski definition) is 4. The maximum atomic E-state index is 10.8. The molecule has 0 radical (unpaired) electrons. The molecule has 0 unspecified atom stereocenters. The first-order valence-corrected chi connectivity index (χ1v) is 10.3. The normalized spacial score (nSPS) is 11.8. The van der Waals surface area contributed by atoms with E-state index in [9.17, 15) is 20.4 Å². The molecule has 0 atom stereocenters. The number of benzene rings is 5. The average molecular weight is 422 g/mol. The number of aromatic hydroxyl groups is 4. The fourth-order valence-corrected chi connectivity index (χ4v) is 4.65. The van der Waals surface area contributed by atoms with Crippen LogP contribution in [0.1, 0.15) is 23.6 Å². The molecule has 0 aromatic heterocycles. The van der Waals surface area contributed by atoms with E-state index in [1.807, 2.05) is 31.2 Å². The maximum absolute atomic E-state index is 10.8. The SMILES string of the molecule is CC(c1ccc2ccc3ccccc3c2c1)(c1ccc(O)cc1O)c1ccc(O)cc1O. The lowest BCUT2D eigenvalue weighted by Crippen LogP contribution is -2.25. The molecule has 0 spiro atoms. The summed E-state index contributed by atoms with van der Waals surface area (Å²) < 4.78 is 0. The van der Waals surface area contributed by atoms with E-state index in [0.717, 1.165) is 27.1 Å². The number of phenolic OH excluding ortho intramolecular Hbond substituents is 4. The molecule has 0 aliphatic rings. The van der Waals surface area contributed by atoms with Crippen LogP contribution in [0.5, 0.6) is 23.0 Å². The molecular formula is C28H22O4. The molecule has 4 heteroatoms. The second kappa shape index (κ2) is 7.20. The summed E-state index contributed by atoms with van der Waals surface area (Å²) in [6.07, 6.45) is 0. The predicted molar refractivity (Wildman–Crippen MR) is 127 cm³/mol. The van der Waals surface area contributed by atoms with Gasteiger partial charge in [0.05, 0.1) is 0 Å². The van der Waals surface area contributed by atoms with Gasteiger partial charge in [-0.15, -0.1) is 0 Å². The van der Waals surface area contributed by atoms with E-state index in [0.29, 0.717) is 11.1 Å². The molecule has 5 aromatic carbocycles. The molecule has 32 heavy (non-hydrogen) atoms. The largest absolute Gasteiger partial charge is 0.508 e. The zero-order chi connectivity index (χ0) is 22.5. The van der Waals surface area contributed by atoms with Crippen LogP contribution >= 0.6 is 0 Å². The Balaban J connectivity index is 1.86. The fraction of sp³-hybridized carbons (Fsp3) is 0.0714. The third-order valence-electron chi connectivity index (χ3n) is 6.36. The molecule has 5 rings (SSSR count). The maximum Gasteiger partial charge on any atom is 0.123 e. The fourth-order valence-electron chi connectivity index (χ4n) is 4.65. The molecule has 0 aliphatic heterocycles. The summed E-state index contributed by atoms with van der Waals surface area (Å²) >= 11 is 0. The van der Waals surface area contributed by atoms with E-state index in [4.69, 9.17) is 0 Å². The van der Waals surface area contributed by atoms with Crippen LogP contribution in [0.3, 0.4) is 0 Å². The van der Waals surface area contributed by atoms with Crippen LogP contribution in [0.4, 0.5) is 0 Å². The Bertz CT molecular complexity index is 1430. The summed E-state index contributed by atoms with van der Waals surface area (Å²) in [5, 5.41) is 45.7. The molecule has 0 aliphatic carbocycles. The van der Waals surface area contributed by atoms with Gasteiger partial charge in [0.15, 0.2) is 0 Å². The van der Waals surface area contributed by atoms with Crippen molar-refractivity contribution in [3.8, 4) is 23.0 Å². The van der Waals surface area contributed by atoms with Gasteiger partial charge in [0, 0.05) is 28.7 Å². The van der Waals surface area contributed by atoms with Gasteiger partial charge in [0.2, 0.25) is 0 Å². The molecule has 0 saturated heterocycles. The van der Waals surface area contributed by atoms with Gasteiger partial charge >= 0.3 is 0 Å². The third-order valence-corrected chi connectivity index (χ3v) is 6.36. The van der Waals surface area contributed by atoms with Crippen LogP contribution in [-0.4, -0.2) is 20.4 Å². The van der Waals surface area contributed by atoms with E-state index < -0.39 is 5.41 Å². The van der Waals surface area contributed by atoms with E-state index in [-0.39, 0.29) is 23.0 Å². The van der Waals surface area contributed by atoms with Crippen molar-refractivity contribution in [2.45, 2.75) is 12.3 Å². The minimum absolute atomic E-state index is 0.0481. The second-order valence-corrected chi connectivity index (χ2v) is 8.25. The lowest BCUT2D eigenvalue weighted by molar-refractivity contribution is 0.427. The van der Waals surface area contributed by atoms with Gasteiger partial charge in [-0.05, 0) is 52.2 Å². The van der Waals surface area contributed by atoms with E-state index in [1.165, 1.54) is 24.3 Å². The highest BCUT2D eigenvalue weighted by atomic mass is 16.3. The highest BCUT2D eigenvalue weighted by Gasteiger charge is 2.36. The molecule has 0 amide bonds. The molecule has 0 bridgehead atoms. The van der Waals surface area contributed by atoms with Crippen molar-refractivity contribution in [1.82, 2.24) is 0 Å². The average Bonchev–Trinajstić information content (AvgIpc) is 2.78. The van der Waals surface area contributed by atoms with Crippen LogP contribution in [0.15, 0.2) is 91.0 Å². The van der Waals surface area contributed by atoms with Crippen molar-refractivity contribution in [3.63, 3.8) is 0 Å². The van der Waals surface area contributed by atoms with Gasteiger partial charge in [-0.2, -0.15) is 0 Å². The monoisotopic (exact) mass is 422 g/mol. The second-order valence-electron chi connectivity index (χ2n) is 8.25. The Hall–Kier alpha value is -4.18. The first-order chi connectivity index (χ1) is 15.4. The molecule has 5 aromatic rings. The quantitative estimate of drug-likeness (QED) is 0.207. The minimum Gasteiger partial charge on any atom is -0.508 e. The van der Waals surface area contributed by atoms with Gasteiger partial charge < -0.3 is 20.4 Å². The van der Waals surface area contributed by atoms with Crippen LogP contribution in [0.25, 0.3) is 21.5 Å². The van der Waals surface area contributed by atoms with Gasteiger partial charge in [0.1, 0.15) is 23.0 Å². The van der Waals surface area contributed by atoms with E-state index >= 15 is 0 Å². The molecule has 0 heterocycles. The first kappa shape index (κ1) is 19.8. The van der Waals surface area contributed by atoms with Crippen molar-refractivity contribution >= 4 is 21.5 Å². The van der Waals surface area contributed by atoms with Crippen molar-refractivity contribution < 1.29 is 20.4 Å². The smallest absolute Gasteiger partial charge is 0.123 e. The van der Waals surface area contributed by atoms with Crippen LogP contribution < -0.4 is 0 Å². The molecule has 158 valence electrons. The van der Waals surface area contributed by atoms with E-state index in [2.05, 4.69) is 30.3 Å². The zero-order valence-corrected chi connectivity index (χ0v) is 17.4. The highest BCUT2D eigenvalue weighted by Crippen LogP contribution is 2.48. The third kappa shape index (κ3) is 3.00. The summed E-state index contributed by atoms with van der Waals surface area (Å²) in [5.74, 6) is -0.267. The predicted octanol–water partition coefficient (Wildman–Crippen LogP) is 6.17. The molecule has 0 fully saturated rings. The summed E-state index contributed by atoms with van der Waals surface area (Å²) in [6, 6.07) is 27.3. The highest BCUT2D eigenvalue weighted by molar-refractivity contribution is 6.07. The lowest BCUT2D eigenvalue weighted by atomic mass is 9.70. The van der Waals surface area contributed by atoms with Gasteiger partial charge in [-0.25, -0.2) is 0 Å². The van der Waals surface area contributed by atoms with Gasteiger partial charge in [0.25, 0.3) is 0 Å². The standard InChI is InChI=1S/C28H22O4/c1-28(24-12-10-20(29)15-26(24)31,25-13-11-21(30)16-27(25)32)19-9-8-18-7-6-17-4-2-3-5-22(17)23(18)14-19/h2-16,29-32H,1H3. The summed E-state index contributed by atoms with van der Waals surface area (Å²) in [4.78, 5) is 0. The molecular weight excluding hydrogens is 400 g/mol. The number of fused-ring (bicyclic) bond motifs is 3. The Kier molecular flexibility index (Phi) is 4.45. The summed E-state index contributed by atoms with van der Waals surface area (Å²) in [5.41, 5.74) is 0.927. The topological polar surface area (TPSA) is 80.9 Å². The zero-order valence-electron chi connectivity index (χ0n) is 17.4. The van der Waals surface area contributed by atoms with Crippen LogP contribution in [0, 0.1) is 0 Å². The lowest BCUT2D eigenvalue weighted by Gasteiger charge is -2.33. The van der Waals surface area contributed by atoms with Crippen LogP contribution in [0.2, 0.25) is 0 Å². The van der Waals surface area contributed by atoms with Crippen LogP contribution in [-0.2, 0) is 5.41 Å². The van der Waals surface area contributed by atoms with Crippen molar-refractivity contribution in [1.29, 1.82) is 0 Å².